The number of nitrogens with zero attached hydrogens (tertiary/aromatic N) is 12. The monoisotopic (exact) mass is 1890 g/mol. The summed E-state index contributed by atoms with van der Waals surface area (Å²) >= 11 is 3.32. The van der Waals surface area contributed by atoms with Crippen LogP contribution in [0.4, 0.5) is 62.9 Å². The average molecular weight is 1890 g/mol. The molecular weight excluding hydrogens is 1800 g/mol. The number of aliphatic carboxylic acids is 1. The predicted molar refractivity (Wildman–Crippen MR) is 529 cm³/mol. The van der Waals surface area contributed by atoms with E-state index in [0.29, 0.717) is 85.9 Å². The average Bonchev–Trinajstić information content (AvgIpc) is 1.64. The fraction of sp³-hybridized carbons (Fsp3) is 0.0851. The number of methoxy groups -OCH3 is 2. The van der Waals surface area contributed by atoms with Gasteiger partial charge in [0.2, 0.25) is 0 Å². The van der Waals surface area contributed by atoms with Crippen molar-refractivity contribution in [1.82, 2.24) is 58.8 Å². The van der Waals surface area contributed by atoms with Gasteiger partial charge in [-0.05, 0) is 213 Å². The molecule has 0 aliphatic rings. The zero-order valence-corrected chi connectivity index (χ0v) is 75.7. The summed E-state index contributed by atoms with van der Waals surface area (Å²) in [4.78, 5) is 91.8. The highest BCUT2D eigenvalue weighted by molar-refractivity contribution is 7.00. The van der Waals surface area contributed by atoms with E-state index in [9.17, 15) is 43.5 Å². The SMILES string of the molecule is CCOc1ccc(/C=N/NC(=O)Nc2ccccc2)cc1.COc1cc(/C=N/NC(=O)Nc2ccccc2)ccc1OC(C)=O.COc1ccccc1/C=N/NC(=O)Nc1ccc2nsnc2c1.Cc1ccc(/C=N/NC(=O)Nc2cccc3nsnc23)cc1.Cc1ccc(NC(=O)N/N=C/c2ccc(OCC(=O)O)cc2)cc1.O=C(N/N=C/c1ccccc1O)Nc1cccc2nsnc12. The molecule has 0 saturated heterocycles. The molecule has 0 unspecified atom stereocenters. The third-order valence-corrected chi connectivity index (χ3v) is 18.9. The first-order chi connectivity index (χ1) is 66.1. The van der Waals surface area contributed by atoms with Crippen molar-refractivity contribution < 1.29 is 72.3 Å². The molecule has 0 aliphatic carbocycles. The number of phenolic OH excluding ortho intramolecular Hbond substituents is 1. The van der Waals surface area contributed by atoms with Crippen molar-refractivity contribution in [1.29, 1.82) is 0 Å². The van der Waals surface area contributed by atoms with E-state index in [1.807, 2.05) is 160 Å². The normalized spacial score (nSPS) is 10.6. The van der Waals surface area contributed by atoms with Gasteiger partial charge in [-0.25, -0.2) is 66.1 Å². The number of carboxylic acid groups (broad SMARTS) is 1. The number of fused-ring (bicyclic) bond motifs is 3. The first kappa shape index (κ1) is 99.8. The summed E-state index contributed by atoms with van der Waals surface area (Å²) in [5, 5.41) is 57.3. The fourth-order valence-corrected chi connectivity index (χ4v) is 12.5. The topological polar surface area (TPSA) is 519 Å². The summed E-state index contributed by atoms with van der Waals surface area (Å²) in [5.74, 6) is 1.26. The molecule has 3 heterocycles. The Bertz CT molecular complexity index is 6660. The van der Waals surface area contributed by atoms with Crippen LogP contribution in [-0.2, 0) is 9.59 Å². The van der Waals surface area contributed by atoms with Gasteiger partial charge < -0.3 is 65.8 Å². The van der Waals surface area contributed by atoms with Crippen LogP contribution >= 0.6 is 35.2 Å². The molecule has 0 radical (unpaired) electrons. The standard InChI is InChI=1S/2C17H17N3O4.C16H17N3O2.C15H13N5O2S.C15H13N5OS.C14H11N5O2S/c1-12-2-6-14(7-3-12)19-17(23)20-18-10-13-4-8-15(9-5-13)24-11-16(21)22;1-12(21)24-15-9-8-13(10-16(15)23-2)11-18-20-17(22)19-14-6-4-3-5-7-14;1-2-21-15-10-8-13(9-11-15)12-17-19-16(20)18-14-6-4-3-5-7-14;1-22-14-5-3-2-4-10(14)9-16-18-15(21)17-11-6-7-12-13(8-11)20-23-19-12;1-10-5-7-11(8-6-10)9-16-18-15(21)17-12-3-2-4-13-14(12)20-22-19-13;20-12-7-2-1-4-9(12)8-15-17-14(21)16-10-5-3-6-11-13(10)19-22-18-11/h2-10H,11H2,1H3,(H,21,22)(H2,19,20,23);3-11H,1-2H3,(H2,19,20,22);3-12H,2H2,1H3,(H2,18,19,20);2-9H,1H3,(H2,17,18,21);2-9H,1H3,(H2,17,18,21);1-8,20H,(H2,16,17,21)/b18-10+;18-11+;17-12+;2*16-9+;15-8+. The first-order valence-electron chi connectivity index (χ1n) is 40.5. The van der Waals surface area contributed by atoms with Gasteiger partial charge in [-0.2, -0.15) is 56.8 Å². The van der Waals surface area contributed by atoms with E-state index in [1.165, 1.54) is 50.5 Å². The number of nitrogens with one attached hydrogen (secondary N) is 12. The molecule has 42 heteroatoms. The minimum absolute atomic E-state index is 0.0896. The number of aromatic nitrogens is 6. The number of benzene rings is 12. The Morgan fingerprint density at radius 3 is 1.21 bits per heavy atom. The van der Waals surface area contributed by atoms with Crippen LogP contribution in [-0.4, -0.2) is 149 Å². The van der Waals surface area contributed by atoms with Crippen molar-refractivity contribution in [3.8, 4) is 34.5 Å². The maximum Gasteiger partial charge on any atom is 0.341 e. The number of anilines is 6. The fourth-order valence-electron chi connectivity index (χ4n) is 10.9. The number of hydrazone groups is 6. The molecular formula is C94H88N24O15S3. The number of para-hydroxylation sites is 4. The van der Waals surface area contributed by atoms with Gasteiger partial charge in [-0.15, -0.1) is 0 Å². The van der Waals surface area contributed by atoms with Crippen molar-refractivity contribution in [2.24, 2.45) is 30.6 Å². The first-order valence-corrected chi connectivity index (χ1v) is 42.7. The Hall–Kier alpha value is -18.3. The van der Waals surface area contributed by atoms with Gasteiger partial charge in [0, 0.05) is 40.8 Å². The maximum absolute atomic E-state index is 11.8. The Morgan fingerprint density at radius 1 is 0.346 bits per heavy atom. The van der Waals surface area contributed by atoms with Crippen molar-refractivity contribution in [3.63, 3.8) is 0 Å². The lowest BCUT2D eigenvalue weighted by molar-refractivity contribution is -0.139. The number of carbonyl (C=O) groups excluding carboxylic acids is 7. The number of phenols is 1. The van der Waals surface area contributed by atoms with Crippen molar-refractivity contribution in [2.75, 3.05) is 59.3 Å². The molecule has 12 aromatic carbocycles. The minimum Gasteiger partial charge on any atom is -0.507 e. The van der Waals surface area contributed by atoms with Crippen LogP contribution in [0.15, 0.2) is 310 Å². The van der Waals surface area contributed by atoms with Crippen LogP contribution < -0.4 is 88.1 Å². The summed E-state index contributed by atoms with van der Waals surface area (Å²) in [6.07, 6.45) is 8.95. The van der Waals surface area contributed by atoms with Gasteiger partial charge in [-0.3, -0.25) is 4.79 Å². The van der Waals surface area contributed by atoms with Gasteiger partial charge in [0.05, 0.1) is 105 Å². The Kier molecular flexibility index (Phi) is 39.8. The lowest BCUT2D eigenvalue weighted by atomic mass is 10.2. The van der Waals surface area contributed by atoms with Crippen LogP contribution in [0, 0.1) is 13.8 Å². The number of urea groups is 6. The lowest BCUT2D eigenvalue weighted by Crippen LogP contribution is -2.24. The van der Waals surface area contributed by atoms with Gasteiger partial charge in [0.25, 0.3) is 0 Å². The second kappa shape index (κ2) is 54.2. The van der Waals surface area contributed by atoms with Crippen LogP contribution in [0.3, 0.4) is 0 Å². The molecule has 0 spiro atoms. The van der Waals surface area contributed by atoms with Gasteiger partial charge in [-0.1, -0.05) is 120 Å². The smallest absolute Gasteiger partial charge is 0.341 e. The summed E-state index contributed by atoms with van der Waals surface area (Å²) in [6.45, 7) is 7.46. The van der Waals surface area contributed by atoms with E-state index in [1.54, 1.807) is 153 Å². The molecule has 15 aromatic rings. The number of carbonyl (C=O) groups is 8. The van der Waals surface area contributed by atoms with Gasteiger partial charge >= 0.3 is 48.1 Å². The quantitative estimate of drug-likeness (QED) is 0.0104. The van der Waals surface area contributed by atoms with Crippen LogP contribution in [0.2, 0.25) is 0 Å². The molecule has 136 heavy (non-hydrogen) atoms. The molecule has 0 bridgehead atoms. The molecule has 0 saturated carbocycles. The predicted octanol–water partition coefficient (Wildman–Crippen LogP) is 17.2. The van der Waals surface area contributed by atoms with E-state index in [0.717, 1.165) is 90.8 Å². The van der Waals surface area contributed by atoms with Gasteiger partial charge in [0.1, 0.15) is 56.1 Å². The number of aryl methyl sites for hydroxylation is 2. The lowest BCUT2D eigenvalue weighted by Gasteiger charge is -2.08. The van der Waals surface area contributed by atoms with E-state index in [4.69, 9.17) is 28.8 Å². The highest BCUT2D eigenvalue weighted by Gasteiger charge is 2.14. The van der Waals surface area contributed by atoms with Gasteiger partial charge in [0.15, 0.2) is 18.1 Å². The number of carboxylic acids is 1. The van der Waals surface area contributed by atoms with E-state index < -0.39 is 48.7 Å². The minimum atomic E-state index is -1.04. The summed E-state index contributed by atoms with van der Waals surface area (Å²) in [7, 11) is 3.05. The van der Waals surface area contributed by atoms with Crippen molar-refractivity contribution in [3.05, 3.63) is 324 Å². The zero-order chi connectivity index (χ0) is 96.4. The maximum atomic E-state index is 11.8. The second-order valence-electron chi connectivity index (χ2n) is 27.4. The summed E-state index contributed by atoms with van der Waals surface area (Å²) in [5.41, 5.74) is 29.2. The van der Waals surface area contributed by atoms with E-state index in [-0.39, 0.29) is 11.8 Å². The van der Waals surface area contributed by atoms with Crippen LogP contribution in [0.25, 0.3) is 33.1 Å². The molecule has 3 aromatic heterocycles. The molecule has 692 valence electrons. The molecule has 0 aliphatic heterocycles. The number of hydrogen-bond donors (Lipinski definition) is 14. The molecule has 39 nitrogen and oxygen atoms in total. The third-order valence-electron chi connectivity index (χ3n) is 17.2. The van der Waals surface area contributed by atoms with E-state index in [2.05, 4.69) is 121 Å². The van der Waals surface area contributed by atoms with E-state index >= 15 is 0 Å². The van der Waals surface area contributed by atoms with Crippen molar-refractivity contribution in [2.45, 2.75) is 27.7 Å². The Balaban J connectivity index is 0.000000169. The number of aromatic hydroxyl groups is 1. The molecule has 14 N–H and O–H groups in total. The number of hydrogen-bond acceptors (Lipinski definition) is 29. The Morgan fingerprint density at radius 2 is 0.728 bits per heavy atom. The summed E-state index contributed by atoms with van der Waals surface area (Å²) < 4.78 is 50.5. The molecule has 0 fully saturated rings. The van der Waals surface area contributed by atoms with Crippen molar-refractivity contribution >= 4 is 188 Å². The second-order valence-corrected chi connectivity index (χ2v) is 28.9. The molecule has 0 atom stereocenters. The highest BCUT2D eigenvalue weighted by Crippen LogP contribution is 2.29. The molecule has 15 rings (SSSR count). The highest BCUT2D eigenvalue weighted by atomic mass is 32.1. The van der Waals surface area contributed by atoms with Crippen LogP contribution in [0.5, 0.6) is 34.5 Å². The number of ether oxygens (including phenoxy) is 5. The number of esters is 1. The molecule has 12 amide bonds. The Labute approximate surface area is 789 Å². The van der Waals surface area contributed by atoms with Crippen LogP contribution in [0.1, 0.15) is 58.4 Å². The number of rotatable bonds is 26. The number of amides is 12. The third kappa shape index (κ3) is 35.3. The largest absolute Gasteiger partial charge is 0.507 e. The summed E-state index contributed by atoms with van der Waals surface area (Å²) in [6, 6.07) is 79.9. The zero-order valence-electron chi connectivity index (χ0n) is 73.2.